The Hall–Kier alpha value is -6.64. The van der Waals surface area contributed by atoms with Crippen molar-refractivity contribution in [3.63, 3.8) is 0 Å². The van der Waals surface area contributed by atoms with Crippen LogP contribution in [0.1, 0.15) is 22.3 Å². The third-order valence-corrected chi connectivity index (χ3v) is 9.55. The first-order chi connectivity index (χ1) is 27.1. The van der Waals surface area contributed by atoms with Crippen molar-refractivity contribution in [2.45, 2.75) is 23.6 Å². The lowest BCUT2D eigenvalue weighted by Gasteiger charge is -2.31. The summed E-state index contributed by atoms with van der Waals surface area (Å²) in [5.41, 5.74) is -5.10. The van der Waals surface area contributed by atoms with Crippen LogP contribution in [0.4, 0.5) is 26.3 Å². The summed E-state index contributed by atoms with van der Waals surface area (Å²) in [4.78, 5) is 0. The highest BCUT2D eigenvalue weighted by molar-refractivity contribution is 5.82. The molecule has 2 aromatic heterocycles. The number of ether oxygens (including phenoxy) is 1. The fourth-order valence-electron chi connectivity index (χ4n) is 6.63. The minimum absolute atomic E-state index is 0.225. The van der Waals surface area contributed by atoms with Crippen molar-refractivity contribution >= 4 is 21.8 Å². The quantitative estimate of drug-likeness (QED) is 0.139. The van der Waals surface area contributed by atoms with E-state index in [1.165, 1.54) is 92.3 Å². The van der Waals surface area contributed by atoms with Crippen molar-refractivity contribution in [2.24, 2.45) is 0 Å². The Morgan fingerprint density at radius 2 is 0.912 bits per heavy atom. The molecule has 8 nitrogen and oxygen atoms in total. The Bertz CT molecular complexity index is 2660. The third kappa shape index (κ3) is 7.04. The lowest BCUT2D eigenvalue weighted by atomic mass is 9.85. The van der Waals surface area contributed by atoms with Crippen molar-refractivity contribution in [3.8, 4) is 22.9 Å². The number of para-hydroxylation sites is 2. The molecule has 6 aromatic carbocycles. The Labute approximate surface area is 321 Å². The van der Waals surface area contributed by atoms with Gasteiger partial charge >= 0.3 is 12.4 Å². The van der Waals surface area contributed by atoms with Gasteiger partial charge in [0.15, 0.2) is 0 Å². The van der Waals surface area contributed by atoms with Crippen molar-refractivity contribution in [1.82, 2.24) is 19.6 Å². The van der Waals surface area contributed by atoms with Gasteiger partial charge in [-0.2, -0.15) is 36.5 Å². The lowest BCUT2D eigenvalue weighted by Crippen LogP contribution is -2.43. The van der Waals surface area contributed by atoms with Crippen LogP contribution in [0.3, 0.4) is 0 Å². The zero-order chi connectivity index (χ0) is 40.6. The third-order valence-electron chi connectivity index (χ3n) is 9.55. The van der Waals surface area contributed by atoms with E-state index in [0.29, 0.717) is 21.8 Å². The number of nitrogens with zero attached hydrogens (tertiary/aromatic N) is 4. The molecule has 0 bridgehead atoms. The highest BCUT2D eigenvalue weighted by Gasteiger charge is 2.57. The second-order valence-electron chi connectivity index (χ2n) is 13.0. The zero-order valence-electron chi connectivity index (χ0n) is 29.8. The van der Waals surface area contributed by atoms with Gasteiger partial charge < -0.3 is 20.1 Å². The highest BCUT2D eigenvalue weighted by atomic mass is 19.4. The summed E-state index contributed by atoms with van der Waals surface area (Å²) in [5.74, 6) is -0.138. The van der Waals surface area contributed by atoms with Crippen LogP contribution in [-0.4, -0.2) is 54.3 Å². The van der Waals surface area contributed by atoms with Gasteiger partial charge in [-0.3, -0.25) is 0 Å². The number of hydrogen-bond donors (Lipinski definition) is 3. The minimum Gasteiger partial charge on any atom is -0.508 e. The number of fused-ring (bicyclic) bond motifs is 2. The molecule has 0 saturated carbocycles. The van der Waals surface area contributed by atoms with Gasteiger partial charge in [0.1, 0.15) is 11.5 Å². The smallest absolute Gasteiger partial charge is 0.425 e. The van der Waals surface area contributed by atoms with Crippen LogP contribution in [0.2, 0.25) is 0 Å². The summed E-state index contributed by atoms with van der Waals surface area (Å²) < 4.78 is 92.3. The monoisotopic (exact) mass is 782 g/mol. The molecule has 2 unspecified atom stereocenters. The van der Waals surface area contributed by atoms with Gasteiger partial charge in [-0.1, -0.05) is 72.8 Å². The first-order valence-electron chi connectivity index (χ1n) is 17.2. The van der Waals surface area contributed by atoms with Gasteiger partial charge in [-0.25, -0.2) is 9.36 Å². The summed E-state index contributed by atoms with van der Waals surface area (Å²) in [7, 11) is 1.36. The van der Waals surface area contributed by atoms with Crippen LogP contribution in [-0.2, 0) is 11.2 Å². The predicted molar refractivity (Wildman–Crippen MR) is 201 cm³/mol. The number of aromatic hydroxyl groups is 1. The van der Waals surface area contributed by atoms with E-state index in [1.54, 1.807) is 9.36 Å². The fourth-order valence-corrected chi connectivity index (χ4v) is 6.63. The number of methoxy groups -OCH3 is 1. The van der Waals surface area contributed by atoms with Gasteiger partial charge in [0.25, 0.3) is 0 Å². The SMILES string of the molecule is COc1cccc(C(O)(c2ccc3c(cnn3-c3ccccc3)c2)C(F)(F)F)c1.Oc1cccc(C(O)(c2ccc3c(cnn3-c3ccccc3)c2)C(F)(F)F)c1. The van der Waals surface area contributed by atoms with Crippen molar-refractivity contribution in [3.05, 3.63) is 180 Å². The molecule has 0 radical (unpaired) electrons. The maximum absolute atomic E-state index is 14.1. The first-order valence-corrected chi connectivity index (χ1v) is 17.2. The van der Waals surface area contributed by atoms with E-state index < -0.39 is 29.1 Å². The molecule has 2 atom stereocenters. The maximum atomic E-state index is 14.1. The number of rotatable bonds is 7. The number of phenols is 1. The molecule has 0 saturated heterocycles. The van der Waals surface area contributed by atoms with E-state index in [2.05, 4.69) is 10.2 Å². The molecular weight excluding hydrogens is 750 g/mol. The molecule has 3 N–H and O–H groups in total. The standard InChI is InChI=1S/C22H17F3N2O2.C21H15F3N2O2/c1-29-19-9-5-6-16(13-19)21(28,22(23,24)25)17-10-11-20-15(12-17)14-26-27(20)18-7-3-2-4-8-18;22-21(23,24)20(28,15-5-4-8-18(27)12-15)16-9-10-19-14(11-16)13-25-26(19)17-6-2-1-3-7-17/h2-14,28H,1H3;1-13,27-28H. The normalized spacial score (nSPS) is 14.1. The topological polar surface area (TPSA) is 106 Å². The summed E-state index contributed by atoms with van der Waals surface area (Å²) in [5, 5.41) is 40.7. The van der Waals surface area contributed by atoms with Crippen LogP contribution < -0.4 is 4.74 Å². The fraction of sp³-hybridized carbons (Fsp3) is 0.116. The van der Waals surface area contributed by atoms with E-state index in [0.717, 1.165) is 23.5 Å². The second-order valence-corrected chi connectivity index (χ2v) is 13.0. The van der Waals surface area contributed by atoms with Gasteiger partial charge in [0.05, 0.1) is 41.9 Å². The number of aliphatic hydroxyl groups is 2. The largest absolute Gasteiger partial charge is 0.508 e. The summed E-state index contributed by atoms with van der Waals surface area (Å²) in [6.45, 7) is 0. The lowest BCUT2D eigenvalue weighted by molar-refractivity contribution is -0.248. The molecule has 0 fully saturated rings. The Morgan fingerprint density at radius 3 is 1.33 bits per heavy atom. The van der Waals surface area contributed by atoms with Crippen LogP contribution in [0.5, 0.6) is 11.5 Å². The van der Waals surface area contributed by atoms with Gasteiger partial charge in [0.2, 0.25) is 11.2 Å². The van der Waals surface area contributed by atoms with E-state index >= 15 is 0 Å². The summed E-state index contributed by atoms with van der Waals surface area (Å²) in [6, 6.07) is 36.4. The van der Waals surface area contributed by atoms with Crippen LogP contribution >= 0.6 is 0 Å². The first kappa shape index (κ1) is 38.6. The molecule has 290 valence electrons. The Balaban J connectivity index is 0.000000174. The molecule has 0 amide bonds. The average molecular weight is 783 g/mol. The van der Waals surface area contributed by atoms with Crippen LogP contribution in [0.15, 0.2) is 158 Å². The van der Waals surface area contributed by atoms with Crippen LogP contribution in [0, 0.1) is 0 Å². The van der Waals surface area contributed by atoms with E-state index in [-0.39, 0.29) is 28.2 Å². The van der Waals surface area contributed by atoms with Crippen molar-refractivity contribution < 1.29 is 46.4 Å². The van der Waals surface area contributed by atoms with Gasteiger partial charge in [-0.05, 0) is 83.9 Å². The molecule has 0 aliphatic rings. The molecule has 0 aliphatic carbocycles. The van der Waals surface area contributed by atoms with Crippen LogP contribution in [0.25, 0.3) is 33.2 Å². The molecule has 2 heterocycles. The molecule has 8 rings (SSSR count). The van der Waals surface area contributed by atoms with E-state index in [4.69, 9.17) is 4.74 Å². The predicted octanol–water partition coefficient (Wildman–Crippen LogP) is 9.36. The number of aromatic nitrogens is 4. The van der Waals surface area contributed by atoms with Crippen molar-refractivity contribution in [1.29, 1.82) is 0 Å². The number of alkyl halides is 6. The highest BCUT2D eigenvalue weighted by Crippen LogP contribution is 2.47. The average Bonchev–Trinajstić information content (AvgIpc) is 3.84. The van der Waals surface area contributed by atoms with Crippen molar-refractivity contribution in [2.75, 3.05) is 7.11 Å². The molecule has 8 aromatic rings. The number of halogens is 6. The number of phenolic OH excluding ortho intramolecular Hbond substituents is 1. The Morgan fingerprint density at radius 1 is 0.491 bits per heavy atom. The van der Waals surface area contributed by atoms with E-state index in [1.807, 2.05) is 60.7 Å². The molecule has 57 heavy (non-hydrogen) atoms. The molecule has 0 aliphatic heterocycles. The molecular formula is C43H32F6N4O4. The summed E-state index contributed by atoms with van der Waals surface area (Å²) >= 11 is 0. The number of benzene rings is 6. The Kier molecular flexibility index (Phi) is 10.0. The van der Waals surface area contributed by atoms with Gasteiger partial charge in [-0.15, -0.1) is 0 Å². The van der Waals surface area contributed by atoms with E-state index in [9.17, 15) is 41.7 Å². The minimum atomic E-state index is -5.00. The second kappa shape index (κ2) is 14.8. The molecule has 0 spiro atoms. The summed E-state index contributed by atoms with van der Waals surface area (Å²) in [6.07, 6.45) is -7.01. The number of hydrogen-bond acceptors (Lipinski definition) is 6. The van der Waals surface area contributed by atoms with Gasteiger partial charge in [0, 0.05) is 21.9 Å². The zero-order valence-corrected chi connectivity index (χ0v) is 29.8. The molecule has 14 heteroatoms. The maximum Gasteiger partial charge on any atom is 0.425 e.